The SMILES string of the molecule is Cl.NCC(NC(=O)c1ccccc1Sc1ccccc1)C1CC1. The lowest BCUT2D eigenvalue weighted by atomic mass is 10.1. The first-order valence-corrected chi connectivity index (χ1v) is 8.42. The van der Waals surface area contributed by atoms with Crippen LogP contribution in [0.25, 0.3) is 0 Å². The molecule has 0 aromatic heterocycles. The highest BCUT2D eigenvalue weighted by atomic mass is 35.5. The van der Waals surface area contributed by atoms with E-state index in [0.717, 1.165) is 15.4 Å². The maximum Gasteiger partial charge on any atom is 0.252 e. The number of hydrogen-bond acceptors (Lipinski definition) is 3. The first-order valence-electron chi connectivity index (χ1n) is 7.61. The van der Waals surface area contributed by atoms with Gasteiger partial charge < -0.3 is 11.1 Å². The van der Waals surface area contributed by atoms with Crippen molar-refractivity contribution in [2.24, 2.45) is 11.7 Å². The van der Waals surface area contributed by atoms with Crippen LogP contribution < -0.4 is 11.1 Å². The van der Waals surface area contributed by atoms with Gasteiger partial charge in [-0.25, -0.2) is 0 Å². The summed E-state index contributed by atoms with van der Waals surface area (Å²) >= 11 is 1.61. The summed E-state index contributed by atoms with van der Waals surface area (Å²) in [4.78, 5) is 14.7. The smallest absolute Gasteiger partial charge is 0.252 e. The van der Waals surface area contributed by atoms with E-state index < -0.39 is 0 Å². The number of benzene rings is 2. The zero-order chi connectivity index (χ0) is 15.4. The van der Waals surface area contributed by atoms with Gasteiger partial charge in [-0.1, -0.05) is 42.1 Å². The lowest BCUT2D eigenvalue weighted by molar-refractivity contribution is 0.0930. The first kappa shape index (κ1) is 17.9. The van der Waals surface area contributed by atoms with Gasteiger partial charge >= 0.3 is 0 Å². The molecule has 3 nitrogen and oxygen atoms in total. The van der Waals surface area contributed by atoms with Gasteiger partial charge in [0.2, 0.25) is 0 Å². The van der Waals surface area contributed by atoms with Crippen molar-refractivity contribution < 1.29 is 4.79 Å². The predicted molar refractivity (Wildman–Crippen MR) is 97.3 cm³/mol. The van der Waals surface area contributed by atoms with Crippen molar-refractivity contribution in [2.75, 3.05) is 6.54 Å². The normalized spacial score (nSPS) is 14.7. The second-order valence-electron chi connectivity index (χ2n) is 5.56. The van der Waals surface area contributed by atoms with Crippen LogP contribution in [-0.4, -0.2) is 18.5 Å². The molecule has 1 saturated carbocycles. The van der Waals surface area contributed by atoms with E-state index >= 15 is 0 Å². The summed E-state index contributed by atoms with van der Waals surface area (Å²) in [5.41, 5.74) is 6.50. The summed E-state index contributed by atoms with van der Waals surface area (Å²) in [6, 6.07) is 17.9. The summed E-state index contributed by atoms with van der Waals surface area (Å²) in [7, 11) is 0. The Morgan fingerprint density at radius 2 is 1.78 bits per heavy atom. The van der Waals surface area contributed by atoms with Crippen molar-refractivity contribution in [3.8, 4) is 0 Å². The molecule has 0 saturated heterocycles. The molecule has 1 aliphatic carbocycles. The average Bonchev–Trinajstić information content (AvgIpc) is 3.39. The highest BCUT2D eigenvalue weighted by Crippen LogP contribution is 2.33. The van der Waals surface area contributed by atoms with Crippen LogP contribution in [0.5, 0.6) is 0 Å². The molecule has 0 heterocycles. The molecule has 3 rings (SSSR count). The average molecular weight is 349 g/mol. The summed E-state index contributed by atoms with van der Waals surface area (Å²) in [5, 5.41) is 3.09. The Morgan fingerprint density at radius 3 is 2.43 bits per heavy atom. The third kappa shape index (κ3) is 4.74. The Balaban J connectivity index is 0.00000192. The van der Waals surface area contributed by atoms with Crippen LogP contribution in [0.2, 0.25) is 0 Å². The highest BCUT2D eigenvalue weighted by Gasteiger charge is 2.31. The monoisotopic (exact) mass is 348 g/mol. The van der Waals surface area contributed by atoms with Gasteiger partial charge in [-0.15, -0.1) is 12.4 Å². The molecule has 1 atom stereocenters. The van der Waals surface area contributed by atoms with Crippen molar-refractivity contribution in [2.45, 2.75) is 28.7 Å². The highest BCUT2D eigenvalue weighted by molar-refractivity contribution is 7.99. The maximum atomic E-state index is 12.6. The zero-order valence-corrected chi connectivity index (χ0v) is 14.4. The maximum absolute atomic E-state index is 12.6. The summed E-state index contributed by atoms with van der Waals surface area (Å²) in [6.07, 6.45) is 2.34. The minimum atomic E-state index is -0.0265. The molecule has 23 heavy (non-hydrogen) atoms. The minimum absolute atomic E-state index is 0. The van der Waals surface area contributed by atoms with Crippen molar-refractivity contribution in [3.05, 3.63) is 60.2 Å². The molecular formula is C18H21ClN2OS. The fourth-order valence-corrected chi connectivity index (χ4v) is 3.44. The molecular weight excluding hydrogens is 328 g/mol. The third-order valence-electron chi connectivity index (χ3n) is 3.86. The lowest BCUT2D eigenvalue weighted by Crippen LogP contribution is -2.41. The topological polar surface area (TPSA) is 55.1 Å². The molecule has 1 unspecified atom stereocenters. The Hall–Kier alpha value is -1.49. The van der Waals surface area contributed by atoms with Gasteiger partial charge in [0.1, 0.15) is 0 Å². The van der Waals surface area contributed by atoms with Gasteiger partial charge in [0.25, 0.3) is 5.91 Å². The Morgan fingerprint density at radius 1 is 1.13 bits per heavy atom. The van der Waals surface area contributed by atoms with Crippen LogP contribution in [-0.2, 0) is 0 Å². The largest absolute Gasteiger partial charge is 0.348 e. The van der Waals surface area contributed by atoms with Crippen LogP contribution in [0, 0.1) is 5.92 Å². The van der Waals surface area contributed by atoms with Crippen LogP contribution in [0.4, 0.5) is 0 Å². The predicted octanol–water partition coefficient (Wildman–Crippen LogP) is 3.73. The number of carbonyl (C=O) groups excluding carboxylic acids is 1. The summed E-state index contributed by atoms with van der Waals surface area (Å²) in [6.45, 7) is 0.504. The number of carbonyl (C=O) groups is 1. The lowest BCUT2D eigenvalue weighted by Gasteiger charge is -2.17. The third-order valence-corrected chi connectivity index (χ3v) is 4.95. The van der Waals surface area contributed by atoms with E-state index in [1.54, 1.807) is 11.8 Å². The van der Waals surface area contributed by atoms with Crippen LogP contribution >= 0.6 is 24.2 Å². The van der Waals surface area contributed by atoms with Gasteiger partial charge in [0.15, 0.2) is 0 Å². The Bertz CT molecular complexity index is 646. The molecule has 3 N–H and O–H groups in total. The molecule has 0 radical (unpaired) electrons. The van der Waals surface area contributed by atoms with Crippen molar-refractivity contribution in [3.63, 3.8) is 0 Å². The molecule has 1 amide bonds. The Kier molecular flexibility index (Phi) is 6.51. The number of rotatable bonds is 6. The fraction of sp³-hybridized carbons (Fsp3) is 0.278. The summed E-state index contributed by atoms with van der Waals surface area (Å²) in [5.74, 6) is 0.532. The standard InChI is InChI=1S/C18H20N2OS.ClH/c19-12-16(13-10-11-13)20-18(21)15-8-4-5-9-17(15)22-14-6-2-1-3-7-14;/h1-9,13,16H,10-12,19H2,(H,20,21);1H. The number of hydrogen-bond donors (Lipinski definition) is 2. The van der Waals surface area contributed by atoms with E-state index in [4.69, 9.17) is 5.73 Å². The van der Waals surface area contributed by atoms with E-state index in [1.165, 1.54) is 12.8 Å². The molecule has 0 bridgehead atoms. The second-order valence-corrected chi connectivity index (χ2v) is 6.68. The number of nitrogens with two attached hydrogens (primary N) is 1. The molecule has 2 aromatic carbocycles. The minimum Gasteiger partial charge on any atom is -0.348 e. The van der Waals surface area contributed by atoms with E-state index in [9.17, 15) is 4.79 Å². The summed E-state index contributed by atoms with van der Waals surface area (Å²) < 4.78 is 0. The first-order chi connectivity index (χ1) is 10.8. The molecule has 0 aliphatic heterocycles. The van der Waals surface area contributed by atoms with Crippen LogP contribution in [0.15, 0.2) is 64.4 Å². The number of halogens is 1. The van der Waals surface area contributed by atoms with E-state index in [2.05, 4.69) is 5.32 Å². The molecule has 1 fully saturated rings. The van der Waals surface area contributed by atoms with E-state index in [1.807, 2.05) is 54.6 Å². The van der Waals surface area contributed by atoms with Crippen LogP contribution in [0.1, 0.15) is 23.2 Å². The van der Waals surface area contributed by atoms with E-state index in [-0.39, 0.29) is 24.4 Å². The van der Waals surface area contributed by atoms with Gasteiger partial charge in [0, 0.05) is 22.4 Å². The zero-order valence-electron chi connectivity index (χ0n) is 12.8. The number of nitrogens with one attached hydrogen (secondary N) is 1. The van der Waals surface area contributed by atoms with Crippen molar-refractivity contribution in [1.82, 2.24) is 5.32 Å². The molecule has 1 aliphatic rings. The van der Waals surface area contributed by atoms with Crippen molar-refractivity contribution in [1.29, 1.82) is 0 Å². The van der Waals surface area contributed by atoms with Crippen molar-refractivity contribution >= 4 is 30.1 Å². The number of amides is 1. The molecule has 122 valence electrons. The second kappa shape index (κ2) is 8.39. The van der Waals surface area contributed by atoms with Gasteiger partial charge in [-0.05, 0) is 43.0 Å². The van der Waals surface area contributed by atoms with Gasteiger partial charge in [-0.2, -0.15) is 0 Å². The quantitative estimate of drug-likeness (QED) is 0.836. The molecule has 2 aromatic rings. The van der Waals surface area contributed by atoms with Gasteiger partial charge in [-0.3, -0.25) is 4.79 Å². The molecule has 0 spiro atoms. The van der Waals surface area contributed by atoms with Gasteiger partial charge in [0.05, 0.1) is 5.56 Å². The molecule has 5 heteroatoms. The van der Waals surface area contributed by atoms with Crippen LogP contribution in [0.3, 0.4) is 0 Å². The van der Waals surface area contributed by atoms with E-state index in [0.29, 0.717) is 12.5 Å². The Labute approximate surface area is 147 Å². The fourth-order valence-electron chi connectivity index (χ4n) is 2.47.